The van der Waals surface area contributed by atoms with Crippen LogP contribution >= 0.6 is 0 Å². The van der Waals surface area contributed by atoms with Crippen LogP contribution in [-0.2, 0) is 9.22 Å². The number of Topliss-reactive ketones (excluding diaryl/α,β-unsaturated/α-hetero) is 1. The number of fused-ring (bicyclic) bond motifs is 5. The normalized spacial score (nSPS) is 44.4. The van der Waals surface area contributed by atoms with Crippen molar-refractivity contribution in [3.05, 3.63) is 0 Å². The molecule has 0 radical (unpaired) electrons. The molecule has 0 spiro atoms. The van der Waals surface area contributed by atoms with E-state index in [0.29, 0.717) is 33.5 Å². The van der Waals surface area contributed by atoms with Gasteiger partial charge in [0.25, 0.3) is 0 Å². The van der Waals surface area contributed by atoms with E-state index in [9.17, 15) is 4.79 Å². The molecule has 0 aromatic carbocycles. The predicted molar refractivity (Wildman–Crippen MR) is 133 cm³/mol. The van der Waals surface area contributed by atoms with Gasteiger partial charge >= 0.3 is 0 Å². The van der Waals surface area contributed by atoms with E-state index in [0.717, 1.165) is 43.1 Å². The SMILES string of the molecule is C[C@H](CO[Si](C)(C)C(C)(C)C)[C@H]1CC[C@H]2[C@@H]3CC[C@H]4CC(=O)CC[C@]4(C)[C@H]3CC[C@]12C. The average molecular weight is 447 g/mol. The van der Waals surface area contributed by atoms with Gasteiger partial charge in [-0.25, -0.2) is 0 Å². The van der Waals surface area contributed by atoms with Gasteiger partial charge in [0.2, 0.25) is 0 Å². The van der Waals surface area contributed by atoms with Gasteiger partial charge in [-0.15, -0.1) is 0 Å². The molecule has 8 atom stereocenters. The monoisotopic (exact) mass is 446 g/mol. The van der Waals surface area contributed by atoms with E-state index in [2.05, 4.69) is 54.6 Å². The summed E-state index contributed by atoms with van der Waals surface area (Å²) < 4.78 is 6.70. The lowest BCUT2D eigenvalue weighted by Crippen LogP contribution is -2.54. The first kappa shape index (κ1) is 24.0. The van der Waals surface area contributed by atoms with Crippen molar-refractivity contribution in [2.24, 2.45) is 46.3 Å². The maximum atomic E-state index is 12.2. The van der Waals surface area contributed by atoms with Gasteiger partial charge in [0.05, 0.1) is 0 Å². The van der Waals surface area contributed by atoms with E-state index in [1.54, 1.807) is 0 Å². The zero-order valence-corrected chi connectivity index (χ0v) is 22.9. The van der Waals surface area contributed by atoms with Crippen molar-refractivity contribution in [2.75, 3.05) is 6.61 Å². The molecular formula is C28H50O2Si. The van der Waals surface area contributed by atoms with Gasteiger partial charge in [0, 0.05) is 19.4 Å². The lowest BCUT2D eigenvalue weighted by molar-refractivity contribution is -0.140. The topological polar surface area (TPSA) is 26.3 Å². The van der Waals surface area contributed by atoms with Gasteiger partial charge in [-0.1, -0.05) is 41.5 Å². The third kappa shape index (κ3) is 3.92. The number of hydrogen-bond donors (Lipinski definition) is 0. The van der Waals surface area contributed by atoms with Crippen molar-refractivity contribution in [1.82, 2.24) is 0 Å². The summed E-state index contributed by atoms with van der Waals surface area (Å²) in [6.07, 6.45) is 11.3. The van der Waals surface area contributed by atoms with Gasteiger partial charge in [-0.05, 0) is 109 Å². The molecule has 4 fully saturated rings. The molecule has 0 unspecified atom stereocenters. The minimum Gasteiger partial charge on any atom is -0.417 e. The van der Waals surface area contributed by atoms with E-state index in [1.807, 2.05) is 0 Å². The molecule has 178 valence electrons. The van der Waals surface area contributed by atoms with Gasteiger partial charge in [0.15, 0.2) is 8.32 Å². The largest absolute Gasteiger partial charge is 0.417 e. The number of hydrogen-bond acceptors (Lipinski definition) is 2. The smallest absolute Gasteiger partial charge is 0.191 e. The second-order valence-electron chi connectivity index (χ2n) is 14.2. The number of carbonyl (C=O) groups is 1. The Morgan fingerprint density at radius 1 is 1.00 bits per heavy atom. The van der Waals surface area contributed by atoms with Crippen molar-refractivity contribution in [3.63, 3.8) is 0 Å². The molecule has 0 aliphatic heterocycles. The van der Waals surface area contributed by atoms with Crippen LogP contribution in [0.15, 0.2) is 0 Å². The van der Waals surface area contributed by atoms with E-state index in [1.165, 1.54) is 44.9 Å². The molecule has 0 bridgehead atoms. The summed E-state index contributed by atoms with van der Waals surface area (Å²) in [5, 5.41) is 0.294. The van der Waals surface area contributed by atoms with Crippen LogP contribution in [0.5, 0.6) is 0 Å². The minimum absolute atomic E-state index is 0.294. The summed E-state index contributed by atoms with van der Waals surface area (Å²) in [6, 6.07) is 0. The Morgan fingerprint density at radius 2 is 1.68 bits per heavy atom. The van der Waals surface area contributed by atoms with Crippen LogP contribution in [0.1, 0.15) is 99.3 Å². The van der Waals surface area contributed by atoms with E-state index in [-0.39, 0.29) is 0 Å². The summed E-state index contributed by atoms with van der Waals surface area (Å²) in [5.41, 5.74) is 0.943. The Bertz CT molecular complexity index is 694. The Hall–Kier alpha value is -0.153. The lowest BCUT2D eigenvalue weighted by atomic mass is 9.44. The number of ketones is 1. The summed E-state index contributed by atoms with van der Waals surface area (Å²) in [4.78, 5) is 12.2. The first-order valence-electron chi connectivity index (χ1n) is 13.5. The molecule has 0 heterocycles. The quantitative estimate of drug-likeness (QED) is 0.411. The third-order valence-corrected chi connectivity index (χ3v) is 16.3. The second kappa shape index (κ2) is 7.96. The van der Waals surface area contributed by atoms with Crippen LogP contribution in [0.4, 0.5) is 0 Å². The third-order valence-electron chi connectivity index (χ3n) is 11.8. The summed E-state index contributed by atoms with van der Waals surface area (Å²) in [7, 11) is -1.68. The molecule has 0 N–H and O–H groups in total. The Labute approximate surface area is 193 Å². The second-order valence-corrected chi connectivity index (χ2v) is 19.0. The number of carbonyl (C=O) groups excluding carboxylic acids is 1. The predicted octanol–water partition coefficient (Wildman–Crippen LogP) is 7.87. The molecule has 2 nitrogen and oxygen atoms in total. The molecule has 0 saturated heterocycles. The van der Waals surface area contributed by atoms with Crippen molar-refractivity contribution >= 4 is 14.1 Å². The van der Waals surface area contributed by atoms with Crippen molar-refractivity contribution in [1.29, 1.82) is 0 Å². The first-order valence-corrected chi connectivity index (χ1v) is 16.4. The van der Waals surface area contributed by atoms with Gasteiger partial charge in [0.1, 0.15) is 5.78 Å². The van der Waals surface area contributed by atoms with Crippen LogP contribution in [0.25, 0.3) is 0 Å². The first-order chi connectivity index (χ1) is 14.3. The van der Waals surface area contributed by atoms with Crippen LogP contribution in [0, 0.1) is 46.3 Å². The highest BCUT2D eigenvalue weighted by Crippen LogP contribution is 2.68. The van der Waals surface area contributed by atoms with Crippen LogP contribution in [-0.4, -0.2) is 20.7 Å². The van der Waals surface area contributed by atoms with Crippen LogP contribution < -0.4 is 0 Å². The fraction of sp³-hybridized carbons (Fsp3) is 0.964. The molecule has 0 aromatic rings. The standard InChI is InChI=1S/C28H50O2Si/c1-19(18-30-31(7,8)26(2,3)4)23-11-12-24-22-10-9-20-17-21(29)13-15-27(20,5)25(22)14-16-28(23,24)6/h19-20,22-25H,9-18H2,1-8H3/t19-,20+,22+,23-,24+,25+,27+,28-/m1/s1. The Morgan fingerprint density at radius 3 is 2.35 bits per heavy atom. The summed E-state index contributed by atoms with van der Waals surface area (Å²) >= 11 is 0. The summed E-state index contributed by atoms with van der Waals surface area (Å²) in [5.74, 6) is 5.39. The fourth-order valence-electron chi connectivity index (χ4n) is 8.69. The molecule has 4 aliphatic rings. The zero-order chi connectivity index (χ0) is 22.8. The fourth-order valence-corrected chi connectivity index (χ4v) is 9.81. The lowest BCUT2D eigenvalue weighted by Gasteiger charge is -2.60. The van der Waals surface area contributed by atoms with Crippen molar-refractivity contribution in [3.8, 4) is 0 Å². The van der Waals surface area contributed by atoms with E-state index >= 15 is 0 Å². The van der Waals surface area contributed by atoms with Crippen molar-refractivity contribution < 1.29 is 9.22 Å². The molecule has 4 saturated carbocycles. The molecule has 0 aromatic heterocycles. The van der Waals surface area contributed by atoms with Crippen LogP contribution in [0.3, 0.4) is 0 Å². The molecule has 4 rings (SSSR count). The van der Waals surface area contributed by atoms with Gasteiger partial charge < -0.3 is 4.43 Å². The number of rotatable bonds is 4. The Kier molecular flexibility index (Phi) is 6.16. The average Bonchev–Trinajstić information content (AvgIpc) is 3.03. The van der Waals surface area contributed by atoms with E-state index in [4.69, 9.17) is 4.43 Å². The molecule has 31 heavy (non-hydrogen) atoms. The van der Waals surface area contributed by atoms with Crippen molar-refractivity contribution in [2.45, 2.75) is 117 Å². The van der Waals surface area contributed by atoms with Gasteiger partial charge in [-0.2, -0.15) is 0 Å². The molecule has 4 aliphatic carbocycles. The highest BCUT2D eigenvalue weighted by atomic mass is 28.4. The highest BCUT2D eigenvalue weighted by Gasteiger charge is 2.60. The molecular weight excluding hydrogens is 396 g/mol. The maximum absolute atomic E-state index is 12.2. The maximum Gasteiger partial charge on any atom is 0.191 e. The minimum atomic E-state index is -1.68. The molecule has 3 heteroatoms. The van der Waals surface area contributed by atoms with E-state index < -0.39 is 8.32 Å². The highest BCUT2D eigenvalue weighted by molar-refractivity contribution is 6.74. The zero-order valence-electron chi connectivity index (χ0n) is 21.9. The summed E-state index contributed by atoms with van der Waals surface area (Å²) in [6.45, 7) is 20.5. The Balaban J connectivity index is 1.46. The van der Waals surface area contributed by atoms with Gasteiger partial charge in [-0.3, -0.25) is 4.79 Å². The van der Waals surface area contributed by atoms with Crippen LogP contribution in [0.2, 0.25) is 18.1 Å². The molecule has 0 amide bonds.